The number of likely N-dealkylation sites (tertiary alicyclic amines) is 1. The number of nitrogens with zero attached hydrogens (tertiary/aromatic N) is 4. The highest BCUT2D eigenvalue weighted by molar-refractivity contribution is 6.08. The summed E-state index contributed by atoms with van der Waals surface area (Å²) >= 11 is 0. The maximum Gasteiger partial charge on any atom is 0.263 e. The number of benzene rings is 1. The molecule has 1 spiro atoms. The van der Waals surface area contributed by atoms with Gasteiger partial charge in [0, 0.05) is 44.4 Å². The Balaban J connectivity index is 1.40. The topological polar surface area (TPSA) is 75.5 Å². The quantitative estimate of drug-likeness (QED) is 0.625. The molecule has 0 N–H and O–H groups in total. The molecular weight excluding hydrogens is 416 g/mol. The first-order valence-electron chi connectivity index (χ1n) is 11.2. The van der Waals surface area contributed by atoms with Gasteiger partial charge in [-0.15, -0.1) is 0 Å². The average molecular weight is 443 g/mol. The summed E-state index contributed by atoms with van der Waals surface area (Å²) in [6.07, 6.45) is 6.22. The maximum absolute atomic E-state index is 13.4. The minimum atomic E-state index is -0.589. The Labute approximate surface area is 192 Å². The molecule has 168 valence electrons. The van der Waals surface area contributed by atoms with Crippen LogP contribution >= 0.6 is 0 Å². The van der Waals surface area contributed by atoms with E-state index in [2.05, 4.69) is 4.98 Å². The molecule has 0 atom stereocenters. The molecular formula is C26H26N4O3. The fourth-order valence-electron chi connectivity index (χ4n) is 5.19. The van der Waals surface area contributed by atoms with Crippen LogP contribution in [0.25, 0.3) is 0 Å². The molecule has 1 saturated heterocycles. The van der Waals surface area contributed by atoms with Gasteiger partial charge in [-0.3, -0.25) is 19.4 Å². The van der Waals surface area contributed by atoms with Gasteiger partial charge in [0.2, 0.25) is 5.91 Å². The number of para-hydroxylation sites is 1. The summed E-state index contributed by atoms with van der Waals surface area (Å²) in [5.41, 5.74) is 2.85. The number of amides is 2. The predicted molar refractivity (Wildman–Crippen MR) is 125 cm³/mol. The highest BCUT2D eigenvalue weighted by Crippen LogP contribution is 2.47. The lowest BCUT2D eigenvalue weighted by molar-refractivity contribution is -0.124. The molecule has 0 radical (unpaired) electrons. The summed E-state index contributed by atoms with van der Waals surface area (Å²) in [7, 11) is 1.81. The second kappa shape index (κ2) is 7.99. The van der Waals surface area contributed by atoms with Gasteiger partial charge in [0.1, 0.15) is 5.56 Å². The first kappa shape index (κ1) is 21.1. The summed E-state index contributed by atoms with van der Waals surface area (Å²) in [6, 6.07) is 13.4. The molecule has 7 heteroatoms. The van der Waals surface area contributed by atoms with Crippen LogP contribution in [0.5, 0.6) is 0 Å². The van der Waals surface area contributed by atoms with Crippen molar-refractivity contribution in [1.29, 1.82) is 0 Å². The molecule has 1 fully saturated rings. The zero-order valence-corrected chi connectivity index (χ0v) is 18.8. The van der Waals surface area contributed by atoms with Crippen molar-refractivity contribution in [3.63, 3.8) is 0 Å². The monoisotopic (exact) mass is 442 g/mol. The Bertz CT molecular complexity index is 1290. The average Bonchev–Trinajstić information content (AvgIpc) is 3.04. The van der Waals surface area contributed by atoms with Gasteiger partial charge in [-0.2, -0.15) is 0 Å². The highest BCUT2D eigenvalue weighted by atomic mass is 16.2. The molecule has 0 aliphatic carbocycles. The Morgan fingerprint density at radius 2 is 1.82 bits per heavy atom. The van der Waals surface area contributed by atoms with Crippen molar-refractivity contribution in [2.75, 3.05) is 25.0 Å². The second-order valence-electron chi connectivity index (χ2n) is 8.92. The Kier molecular flexibility index (Phi) is 5.12. The van der Waals surface area contributed by atoms with Crippen LogP contribution < -0.4 is 10.5 Å². The van der Waals surface area contributed by atoms with E-state index in [1.165, 1.54) is 0 Å². The van der Waals surface area contributed by atoms with Crippen molar-refractivity contribution in [2.45, 2.75) is 31.7 Å². The normalized spacial score (nSPS) is 16.8. The number of pyridine rings is 2. The maximum atomic E-state index is 13.4. The molecule has 0 saturated carbocycles. The summed E-state index contributed by atoms with van der Waals surface area (Å²) in [5.74, 6) is -0.175. The van der Waals surface area contributed by atoms with Crippen LogP contribution in [-0.2, 0) is 16.8 Å². The molecule has 7 nitrogen and oxygen atoms in total. The summed E-state index contributed by atoms with van der Waals surface area (Å²) < 4.78 is 1.55. The van der Waals surface area contributed by atoms with E-state index >= 15 is 0 Å². The largest absolute Gasteiger partial charge is 0.338 e. The number of hydrogen-bond donors (Lipinski definition) is 0. The number of anilines is 1. The number of fused-ring (bicyclic) bond motifs is 2. The van der Waals surface area contributed by atoms with Crippen molar-refractivity contribution in [1.82, 2.24) is 14.5 Å². The number of rotatable bonds is 3. The Morgan fingerprint density at radius 1 is 1.06 bits per heavy atom. The lowest BCUT2D eigenvalue weighted by atomic mass is 9.73. The summed E-state index contributed by atoms with van der Waals surface area (Å²) in [5, 5.41) is 0. The molecule has 4 heterocycles. The van der Waals surface area contributed by atoms with Gasteiger partial charge in [0.25, 0.3) is 11.5 Å². The van der Waals surface area contributed by atoms with Gasteiger partial charge in [-0.05, 0) is 54.7 Å². The van der Waals surface area contributed by atoms with Crippen LogP contribution in [0, 0.1) is 6.92 Å². The van der Waals surface area contributed by atoms with Gasteiger partial charge in [-0.25, -0.2) is 0 Å². The highest BCUT2D eigenvalue weighted by Gasteiger charge is 2.51. The fraction of sp³-hybridized carbons (Fsp3) is 0.308. The molecule has 2 aromatic heterocycles. The van der Waals surface area contributed by atoms with Crippen molar-refractivity contribution in [3.8, 4) is 0 Å². The third-order valence-electron chi connectivity index (χ3n) is 7.06. The molecule has 3 aromatic rings. The van der Waals surface area contributed by atoms with Crippen molar-refractivity contribution in [2.24, 2.45) is 0 Å². The number of piperidine rings is 1. The summed E-state index contributed by atoms with van der Waals surface area (Å²) in [4.78, 5) is 47.4. The minimum Gasteiger partial charge on any atom is -0.338 e. The second-order valence-corrected chi connectivity index (χ2v) is 8.92. The zero-order chi connectivity index (χ0) is 23.2. The number of aryl methyl sites for hydroxylation is 1. The zero-order valence-electron chi connectivity index (χ0n) is 18.8. The van der Waals surface area contributed by atoms with E-state index < -0.39 is 5.41 Å². The van der Waals surface area contributed by atoms with Crippen molar-refractivity contribution < 1.29 is 9.59 Å². The molecule has 5 rings (SSSR count). The third-order valence-corrected chi connectivity index (χ3v) is 7.06. The predicted octanol–water partition coefficient (Wildman–Crippen LogP) is 2.75. The lowest BCUT2D eigenvalue weighted by Gasteiger charge is -2.38. The van der Waals surface area contributed by atoms with Gasteiger partial charge in [0.05, 0.1) is 12.0 Å². The van der Waals surface area contributed by atoms with E-state index in [0.29, 0.717) is 38.0 Å². The van der Waals surface area contributed by atoms with E-state index in [0.717, 1.165) is 16.8 Å². The van der Waals surface area contributed by atoms with Crippen LogP contribution in [0.4, 0.5) is 5.69 Å². The number of hydrogen-bond acceptors (Lipinski definition) is 4. The SMILES string of the molecule is Cc1ccn(Cc2cccnc2)c(=O)c1C(=O)N1CCC2(CC1)C(=O)N(C)c1ccccc12. The smallest absolute Gasteiger partial charge is 0.263 e. The van der Waals surface area contributed by atoms with Gasteiger partial charge >= 0.3 is 0 Å². The van der Waals surface area contributed by atoms with E-state index in [-0.39, 0.29) is 22.9 Å². The molecule has 1 aromatic carbocycles. The molecule has 2 amide bonds. The fourth-order valence-corrected chi connectivity index (χ4v) is 5.19. The van der Waals surface area contributed by atoms with Crippen LogP contribution in [0.1, 0.15) is 39.9 Å². The lowest BCUT2D eigenvalue weighted by Crippen LogP contribution is -2.50. The molecule has 0 unspecified atom stereocenters. The summed E-state index contributed by atoms with van der Waals surface area (Å²) in [6.45, 7) is 3.01. The van der Waals surface area contributed by atoms with Crippen LogP contribution in [0.3, 0.4) is 0 Å². The Morgan fingerprint density at radius 3 is 2.55 bits per heavy atom. The van der Waals surface area contributed by atoms with E-state index in [1.54, 1.807) is 39.9 Å². The number of aromatic nitrogens is 2. The van der Waals surface area contributed by atoms with Crippen molar-refractivity contribution in [3.05, 3.63) is 93.7 Å². The van der Waals surface area contributed by atoms with Crippen LogP contribution in [0.2, 0.25) is 0 Å². The van der Waals surface area contributed by atoms with E-state index in [4.69, 9.17) is 0 Å². The minimum absolute atomic E-state index is 0.0884. The molecule has 2 aliphatic rings. The standard InChI is InChI=1S/C26H26N4O3/c1-18-9-13-30(17-19-6-5-12-27-16-19)24(32)22(18)23(31)29-14-10-26(11-15-29)20-7-3-4-8-21(20)28(2)25(26)33/h3-9,12-13,16H,10-11,14-15,17H2,1-2H3. The van der Waals surface area contributed by atoms with E-state index in [9.17, 15) is 14.4 Å². The molecule has 2 aliphatic heterocycles. The van der Waals surface area contributed by atoms with Crippen LogP contribution in [0.15, 0.2) is 65.8 Å². The Hall–Kier alpha value is -3.74. The van der Waals surface area contributed by atoms with E-state index in [1.807, 2.05) is 49.5 Å². The third kappa shape index (κ3) is 3.35. The first-order valence-corrected chi connectivity index (χ1v) is 11.2. The van der Waals surface area contributed by atoms with Gasteiger partial charge < -0.3 is 14.4 Å². The van der Waals surface area contributed by atoms with Crippen molar-refractivity contribution >= 4 is 17.5 Å². The molecule has 33 heavy (non-hydrogen) atoms. The first-order chi connectivity index (χ1) is 15.9. The van der Waals surface area contributed by atoms with Gasteiger partial charge in [0.15, 0.2) is 0 Å². The molecule has 0 bridgehead atoms. The van der Waals surface area contributed by atoms with Gasteiger partial charge in [-0.1, -0.05) is 24.3 Å². The number of likely N-dealkylation sites (N-methyl/N-ethyl adjacent to an activating group) is 1. The number of carbonyl (C=O) groups excluding carboxylic acids is 2. The van der Waals surface area contributed by atoms with Crippen LogP contribution in [-0.4, -0.2) is 46.4 Å². The number of carbonyl (C=O) groups is 2.